The molecule has 16 heavy (non-hydrogen) atoms. The van der Waals surface area contributed by atoms with E-state index in [2.05, 4.69) is 16.5 Å². The van der Waals surface area contributed by atoms with Crippen molar-refractivity contribution in [1.29, 1.82) is 0 Å². The molecule has 0 N–H and O–H groups in total. The van der Waals surface area contributed by atoms with Crippen LogP contribution in [0.1, 0.15) is 25.4 Å². The maximum absolute atomic E-state index is 10.6. The zero-order valence-electron chi connectivity index (χ0n) is 9.40. The van der Waals surface area contributed by atoms with E-state index in [-0.39, 0.29) is 12.6 Å². The molecule has 0 aliphatic rings. The number of carbonyl (C=O) groups is 1. The summed E-state index contributed by atoms with van der Waals surface area (Å²) in [7, 11) is 0. The van der Waals surface area contributed by atoms with Gasteiger partial charge in [0.1, 0.15) is 6.61 Å². The minimum absolute atomic E-state index is 0.129. The van der Waals surface area contributed by atoms with Crippen LogP contribution in [-0.4, -0.2) is 22.5 Å². The molecule has 5 nitrogen and oxygen atoms in total. The molecule has 1 heterocycles. The van der Waals surface area contributed by atoms with Crippen LogP contribution < -0.4 is 0 Å². The maximum Gasteiger partial charge on any atom is 0.303 e. The van der Waals surface area contributed by atoms with Crippen LogP contribution in [0.4, 0.5) is 0 Å². The summed E-state index contributed by atoms with van der Waals surface area (Å²) in [6.07, 6.45) is 1.57. The third kappa shape index (κ3) is 3.68. The Kier molecular flexibility index (Phi) is 4.44. The number of ether oxygens (including phenoxy) is 2. The summed E-state index contributed by atoms with van der Waals surface area (Å²) >= 11 is 0. The van der Waals surface area contributed by atoms with Crippen LogP contribution in [0.5, 0.6) is 0 Å². The van der Waals surface area contributed by atoms with E-state index in [0.29, 0.717) is 23.9 Å². The molecule has 0 spiro atoms. The van der Waals surface area contributed by atoms with Gasteiger partial charge in [0, 0.05) is 13.1 Å². The highest BCUT2D eigenvalue weighted by molar-refractivity contribution is 5.65. The van der Waals surface area contributed by atoms with Crippen LogP contribution in [0.3, 0.4) is 0 Å². The SMILES string of the molecule is C=C(OCC)c1nccc(COC(C)=O)n1. The fraction of sp³-hybridized carbons (Fsp3) is 0.364. The summed E-state index contributed by atoms with van der Waals surface area (Å²) in [6.45, 7) is 7.54. The van der Waals surface area contributed by atoms with E-state index < -0.39 is 0 Å². The predicted octanol–water partition coefficient (Wildman–Crippen LogP) is 1.55. The monoisotopic (exact) mass is 222 g/mol. The molecule has 5 heteroatoms. The predicted molar refractivity (Wildman–Crippen MR) is 58.2 cm³/mol. The average Bonchev–Trinajstić information content (AvgIpc) is 2.27. The second-order valence-electron chi connectivity index (χ2n) is 3.01. The van der Waals surface area contributed by atoms with Crippen LogP contribution in [0, 0.1) is 0 Å². The standard InChI is InChI=1S/C11H14N2O3/c1-4-15-8(2)11-12-6-5-10(13-11)7-16-9(3)14/h5-6H,2,4,7H2,1,3H3. The number of esters is 1. The Morgan fingerprint density at radius 3 is 2.88 bits per heavy atom. The molecule has 1 aromatic heterocycles. The molecule has 0 aliphatic carbocycles. The van der Waals surface area contributed by atoms with Gasteiger partial charge in [-0.25, -0.2) is 9.97 Å². The molecule has 1 aromatic rings. The van der Waals surface area contributed by atoms with Gasteiger partial charge in [-0.2, -0.15) is 0 Å². The van der Waals surface area contributed by atoms with Crippen molar-refractivity contribution in [2.75, 3.05) is 6.61 Å². The van der Waals surface area contributed by atoms with Gasteiger partial charge in [0.05, 0.1) is 12.3 Å². The molecule has 0 unspecified atom stereocenters. The summed E-state index contributed by atoms with van der Waals surface area (Å²) in [4.78, 5) is 18.8. The Hall–Kier alpha value is -1.91. The molecule has 0 fully saturated rings. The lowest BCUT2D eigenvalue weighted by molar-refractivity contribution is -0.142. The summed E-state index contributed by atoms with van der Waals surface area (Å²) in [6, 6.07) is 1.67. The van der Waals surface area contributed by atoms with Crippen LogP contribution in [0.2, 0.25) is 0 Å². The van der Waals surface area contributed by atoms with Crippen molar-refractivity contribution in [2.45, 2.75) is 20.5 Å². The van der Waals surface area contributed by atoms with Gasteiger partial charge in [-0.1, -0.05) is 6.58 Å². The second-order valence-corrected chi connectivity index (χ2v) is 3.01. The van der Waals surface area contributed by atoms with Crippen LogP contribution in [0.15, 0.2) is 18.8 Å². The lowest BCUT2D eigenvalue weighted by atomic mass is 10.4. The molecule has 0 atom stereocenters. The summed E-state index contributed by atoms with van der Waals surface area (Å²) < 4.78 is 10.0. The summed E-state index contributed by atoms with van der Waals surface area (Å²) in [5.74, 6) is 0.475. The van der Waals surface area contributed by atoms with Crippen molar-refractivity contribution < 1.29 is 14.3 Å². The molecule has 0 bridgehead atoms. The third-order valence-corrected chi connectivity index (χ3v) is 1.70. The van der Waals surface area contributed by atoms with Gasteiger partial charge in [-0.05, 0) is 13.0 Å². The van der Waals surface area contributed by atoms with Crippen molar-refractivity contribution >= 4 is 11.7 Å². The minimum Gasteiger partial charge on any atom is -0.491 e. The first-order chi connectivity index (χ1) is 7.63. The van der Waals surface area contributed by atoms with Gasteiger partial charge in [-0.15, -0.1) is 0 Å². The van der Waals surface area contributed by atoms with Crippen LogP contribution in [0.25, 0.3) is 5.76 Å². The fourth-order valence-corrected chi connectivity index (χ4v) is 1.03. The lowest BCUT2D eigenvalue weighted by Crippen LogP contribution is -2.04. The highest BCUT2D eigenvalue weighted by Crippen LogP contribution is 2.08. The molecule has 1 rings (SSSR count). The Bertz CT molecular complexity index is 391. The number of aromatic nitrogens is 2. The molecule has 0 radical (unpaired) electrons. The molecule has 86 valence electrons. The number of nitrogens with zero attached hydrogens (tertiary/aromatic N) is 2. The molecular weight excluding hydrogens is 208 g/mol. The Labute approximate surface area is 94.1 Å². The van der Waals surface area contributed by atoms with Gasteiger partial charge in [0.25, 0.3) is 0 Å². The number of carbonyl (C=O) groups excluding carboxylic acids is 1. The highest BCUT2D eigenvalue weighted by Gasteiger charge is 2.05. The smallest absolute Gasteiger partial charge is 0.303 e. The third-order valence-electron chi connectivity index (χ3n) is 1.70. The van der Waals surface area contributed by atoms with Gasteiger partial charge >= 0.3 is 5.97 Å². The van der Waals surface area contributed by atoms with Crippen molar-refractivity contribution in [2.24, 2.45) is 0 Å². The maximum atomic E-state index is 10.6. The first-order valence-electron chi connectivity index (χ1n) is 4.90. The van der Waals surface area contributed by atoms with E-state index in [1.165, 1.54) is 6.92 Å². The van der Waals surface area contributed by atoms with E-state index in [9.17, 15) is 4.79 Å². The number of hydrogen-bond acceptors (Lipinski definition) is 5. The summed E-state index contributed by atoms with van der Waals surface area (Å²) in [5, 5.41) is 0. The van der Waals surface area contributed by atoms with Crippen molar-refractivity contribution in [3.05, 3.63) is 30.4 Å². The molecule has 0 aromatic carbocycles. The normalized spacial score (nSPS) is 9.62. The lowest BCUT2D eigenvalue weighted by Gasteiger charge is -2.06. The molecule has 0 aliphatic heterocycles. The zero-order valence-corrected chi connectivity index (χ0v) is 9.40. The van der Waals surface area contributed by atoms with E-state index >= 15 is 0 Å². The van der Waals surface area contributed by atoms with E-state index in [0.717, 1.165) is 0 Å². The average molecular weight is 222 g/mol. The highest BCUT2D eigenvalue weighted by atomic mass is 16.5. The van der Waals surface area contributed by atoms with Gasteiger partial charge in [0.15, 0.2) is 11.6 Å². The van der Waals surface area contributed by atoms with Gasteiger partial charge in [0.2, 0.25) is 0 Å². The topological polar surface area (TPSA) is 61.3 Å². The van der Waals surface area contributed by atoms with Crippen molar-refractivity contribution in [1.82, 2.24) is 9.97 Å². The molecule has 0 amide bonds. The van der Waals surface area contributed by atoms with Crippen LogP contribution in [-0.2, 0) is 20.9 Å². The molecule has 0 saturated heterocycles. The van der Waals surface area contributed by atoms with E-state index in [4.69, 9.17) is 9.47 Å². The molecular formula is C11H14N2O3. The first kappa shape index (κ1) is 12.2. The Morgan fingerprint density at radius 2 is 2.25 bits per heavy atom. The second kappa shape index (κ2) is 5.85. The first-order valence-corrected chi connectivity index (χ1v) is 4.90. The molecule has 0 saturated carbocycles. The Morgan fingerprint density at radius 1 is 1.50 bits per heavy atom. The number of hydrogen-bond donors (Lipinski definition) is 0. The van der Waals surface area contributed by atoms with Gasteiger partial charge < -0.3 is 9.47 Å². The summed E-state index contributed by atoms with van der Waals surface area (Å²) in [5.41, 5.74) is 0.612. The fourth-order valence-electron chi connectivity index (χ4n) is 1.03. The van der Waals surface area contributed by atoms with Crippen molar-refractivity contribution in [3.63, 3.8) is 0 Å². The largest absolute Gasteiger partial charge is 0.491 e. The van der Waals surface area contributed by atoms with E-state index in [1.54, 1.807) is 12.3 Å². The van der Waals surface area contributed by atoms with Crippen molar-refractivity contribution in [3.8, 4) is 0 Å². The Balaban J connectivity index is 2.70. The quantitative estimate of drug-likeness (QED) is 0.558. The van der Waals surface area contributed by atoms with E-state index in [1.807, 2.05) is 6.92 Å². The zero-order chi connectivity index (χ0) is 12.0. The van der Waals surface area contributed by atoms with Gasteiger partial charge in [-0.3, -0.25) is 4.79 Å². The number of rotatable bonds is 5. The minimum atomic E-state index is -0.344. The van der Waals surface area contributed by atoms with Crippen LogP contribution >= 0.6 is 0 Å².